The number of aromatic nitrogens is 1. The Bertz CT molecular complexity index is 1340. The Morgan fingerprint density at radius 1 is 0.909 bits per heavy atom. The maximum Gasteiger partial charge on any atom is 0.270 e. The number of benzene rings is 2. The normalized spacial score (nSPS) is 14.8. The Hall–Kier alpha value is -3.83. The van der Waals surface area contributed by atoms with Gasteiger partial charge < -0.3 is 4.57 Å². The summed E-state index contributed by atoms with van der Waals surface area (Å²) in [6, 6.07) is 13.8. The lowest BCUT2D eigenvalue weighted by molar-refractivity contribution is -0.385. The van der Waals surface area contributed by atoms with Gasteiger partial charge in [0.25, 0.3) is 17.3 Å². The third-order valence-corrected chi connectivity index (χ3v) is 6.49. The Morgan fingerprint density at radius 2 is 1.42 bits per heavy atom. The molecule has 1 aliphatic rings. The quantitative estimate of drug-likeness (QED) is 0.210. The number of carbonyl (C=O) groups is 1. The number of anilines is 1. The van der Waals surface area contributed by atoms with Gasteiger partial charge in [-0.1, -0.05) is 24.0 Å². The molecule has 2 heterocycles. The van der Waals surface area contributed by atoms with E-state index in [9.17, 15) is 25.0 Å². The summed E-state index contributed by atoms with van der Waals surface area (Å²) in [4.78, 5) is 35.7. The van der Waals surface area contributed by atoms with E-state index in [4.69, 9.17) is 12.2 Å². The first-order valence-electron chi connectivity index (χ1n) is 9.63. The highest BCUT2D eigenvalue weighted by atomic mass is 32.2. The monoisotopic (exact) mass is 480 g/mol. The Kier molecular flexibility index (Phi) is 5.83. The molecular formula is C22H16N4O5S2. The Labute approximate surface area is 197 Å². The number of rotatable bonds is 5. The molecule has 0 N–H and O–H groups in total. The van der Waals surface area contributed by atoms with Gasteiger partial charge in [-0.05, 0) is 55.8 Å². The molecular weight excluding hydrogens is 464 g/mol. The van der Waals surface area contributed by atoms with Crippen molar-refractivity contribution in [3.8, 4) is 5.69 Å². The minimum atomic E-state index is -0.505. The fourth-order valence-corrected chi connectivity index (χ4v) is 4.90. The fraction of sp³-hybridized carbons (Fsp3) is 0.0909. The van der Waals surface area contributed by atoms with Crippen molar-refractivity contribution in [1.29, 1.82) is 0 Å². The van der Waals surface area contributed by atoms with Gasteiger partial charge in [-0.2, -0.15) is 0 Å². The van der Waals surface area contributed by atoms with Gasteiger partial charge in [0.1, 0.15) is 0 Å². The molecule has 166 valence electrons. The standard InChI is InChI=1S/C22H16N4O5S2/c1-13-11-15(14(2)23(13)16-3-7-18(8-4-16)25(28)29)12-20-21(27)24(22(32)33-20)17-5-9-19(10-6-17)26(30)31/h3-12H,1-2H3/b20-12+. The van der Waals surface area contributed by atoms with E-state index < -0.39 is 9.85 Å². The third kappa shape index (κ3) is 4.15. The Morgan fingerprint density at radius 3 is 1.94 bits per heavy atom. The molecule has 33 heavy (non-hydrogen) atoms. The van der Waals surface area contributed by atoms with Crippen molar-refractivity contribution >= 4 is 57.3 Å². The van der Waals surface area contributed by atoms with E-state index in [0.717, 1.165) is 34.4 Å². The zero-order valence-corrected chi connectivity index (χ0v) is 19.1. The van der Waals surface area contributed by atoms with Gasteiger partial charge in [-0.3, -0.25) is 29.9 Å². The minimum Gasteiger partial charge on any atom is -0.318 e. The summed E-state index contributed by atoms with van der Waals surface area (Å²) in [7, 11) is 0. The van der Waals surface area contributed by atoms with Gasteiger partial charge >= 0.3 is 0 Å². The number of aryl methyl sites for hydroxylation is 1. The van der Waals surface area contributed by atoms with Crippen molar-refractivity contribution in [1.82, 2.24) is 4.57 Å². The minimum absolute atomic E-state index is 0.0105. The van der Waals surface area contributed by atoms with Crippen LogP contribution < -0.4 is 4.90 Å². The van der Waals surface area contributed by atoms with Gasteiger partial charge in [0.05, 0.1) is 20.4 Å². The summed E-state index contributed by atoms with van der Waals surface area (Å²) >= 11 is 6.54. The molecule has 0 atom stereocenters. The molecule has 2 aromatic carbocycles. The van der Waals surface area contributed by atoms with Gasteiger partial charge in [-0.15, -0.1) is 0 Å². The number of nitro benzene ring substituents is 2. The summed E-state index contributed by atoms with van der Waals surface area (Å²) in [6.07, 6.45) is 1.76. The third-order valence-electron chi connectivity index (χ3n) is 5.19. The molecule has 0 spiro atoms. The van der Waals surface area contributed by atoms with E-state index in [0.29, 0.717) is 14.9 Å². The first-order chi connectivity index (χ1) is 15.7. The highest BCUT2D eigenvalue weighted by Gasteiger charge is 2.33. The van der Waals surface area contributed by atoms with Gasteiger partial charge in [0, 0.05) is 41.3 Å². The van der Waals surface area contributed by atoms with E-state index in [1.54, 1.807) is 18.2 Å². The molecule has 1 aliphatic heterocycles. The van der Waals surface area contributed by atoms with E-state index >= 15 is 0 Å². The lowest BCUT2D eigenvalue weighted by Gasteiger charge is -2.13. The van der Waals surface area contributed by atoms with Crippen molar-refractivity contribution in [3.63, 3.8) is 0 Å². The van der Waals surface area contributed by atoms with Crippen LogP contribution in [0.1, 0.15) is 17.0 Å². The summed E-state index contributed by atoms with van der Waals surface area (Å²) in [5.74, 6) is -0.306. The number of thiocarbonyl (C=S) groups is 1. The molecule has 1 saturated heterocycles. The average molecular weight is 481 g/mol. The second-order valence-electron chi connectivity index (χ2n) is 7.23. The first-order valence-corrected chi connectivity index (χ1v) is 10.9. The topological polar surface area (TPSA) is 112 Å². The molecule has 1 fully saturated rings. The van der Waals surface area contributed by atoms with E-state index in [-0.39, 0.29) is 17.3 Å². The molecule has 0 unspecified atom stereocenters. The fourth-order valence-electron chi connectivity index (χ4n) is 3.61. The van der Waals surface area contributed by atoms with Crippen LogP contribution in [0.4, 0.5) is 17.1 Å². The van der Waals surface area contributed by atoms with Crippen LogP contribution in [0.5, 0.6) is 0 Å². The molecule has 0 radical (unpaired) electrons. The molecule has 4 rings (SSSR count). The summed E-state index contributed by atoms with van der Waals surface area (Å²) in [5, 5.41) is 21.8. The number of nitrogens with zero attached hydrogens (tertiary/aromatic N) is 4. The average Bonchev–Trinajstić information content (AvgIpc) is 3.22. The van der Waals surface area contributed by atoms with Crippen LogP contribution >= 0.6 is 24.0 Å². The molecule has 0 bridgehead atoms. The Balaban J connectivity index is 1.65. The molecule has 0 aliphatic carbocycles. The van der Waals surface area contributed by atoms with Gasteiger partial charge in [0.2, 0.25) is 0 Å². The zero-order valence-electron chi connectivity index (χ0n) is 17.4. The summed E-state index contributed by atoms with van der Waals surface area (Å²) < 4.78 is 2.29. The highest BCUT2D eigenvalue weighted by Crippen LogP contribution is 2.37. The number of thioether (sulfide) groups is 1. The number of carbonyl (C=O) groups excluding carboxylic acids is 1. The van der Waals surface area contributed by atoms with Crippen LogP contribution in [0, 0.1) is 34.1 Å². The van der Waals surface area contributed by atoms with Gasteiger partial charge in [-0.25, -0.2) is 0 Å². The van der Waals surface area contributed by atoms with Crippen LogP contribution in [-0.2, 0) is 4.79 Å². The lowest BCUT2D eigenvalue weighted by atomic mass is 10.2. The van der Waals surface area contributed by atoms with Gasteiger partial charge in [0.15, 0.2) is 4.32 Å². The number of amides is 1. The molecule has 1 aromatic heterocycles. The number of hydrogen-bond donors (Lipinski definition) is 0. The number of nitro groups is 2. The van der Waals surface area contributed by atoms with Crippen LogP contribution in [0.2, 0.25) is 0 Å². The zero-order chi connectivity index (χ0) is 23.9. The molecule has 3 aromatic rings. The van der Waals surface area contributed by atoms with Crippen molar-refractivity contribution in [2.24, 2.45) is 0 Å². The van der Waals surface area contributed by atoms with Crippen molar-refractivity contribution in [3.05, 3.63) is 96.7 Å². The predicted molar refractivity (Wildman–Crippen MR) is 131 cm³/mol. The first kappa shape index (κ1) is 22.4. The summed E-state index contributed by atoms with van der Waals surface area (Å²) in [5.41, 5.74) is 3.75. The van der Waals surface area contributed by atoms with Crippen LogP contribution in [0.3, 0.4) is 0 Å². The smallest absolute Gasteiger partial charge is 0.270 e. The molecule has 0 saturated carbocycles. The van der Waals surface area contributed by atoms with Crippen LogP contribution in [-0.4, -0.2) is 24.6 Å². The largest absolute Gasteiger partial charge is 0.318 e. The second-order valence-corrected chi connectivity index (χ2v) is 8.90. The van der Waals surface area contributed by atoms with Crippen molar-refractivity contribution in [2.75, 3.05) is 4.90 Å². The molecule has 11 heteroatoms. The molecule has 9 nitrogen and oxygen atoms in total. The van der Waals surface area contributed by atoms with E-state index in [1.165, 1.54) is 41.3 Å². The van der Waals surface area contributed by atoms with Crippen molar-refractivity contribution < 1.29 is 14.6 Å². The second kappa shape index (κ2) is 8.60. The maximum absolute atomic E-state index is 13.1. The number of non-ortho nitro benzene ring substituents is 2. The van der Waals surface area contributed by atoms with E-state index in [2.05, 4.69) is 0 Å². The van der Waals surface area contributed by atoms with Crippen LogP contribution in [0.25, 0.3) is 11.8 Å². The maximum atomic E-state index is 13.1. The summed E-state index contributed by atoms with van der Waals surface area (Å²) in [6.45, 7) is 3.81. The predicted octanol–water partition coefficient (Wildman–Crippen LogP) is 5.32. The van der Waals surface area contributed by atoms with Crippen molar-refractivity contribution in [2.45, 2.75) is 13.8 Å². The highest BCUT2D eigenvalue weighted by molar-refractivity contribution is 8.27. The SMILES string of the molecule is Cc1cc(/C=C2/SC(=S)N(c3ccc([N+](=O)[O-])cc3)C2=O)c(C)n1-c1ccc([N+](=O)[O-])cc1. The number of hydrogen-bond acceptors (Lipinski definition) is 7. The lowest BCUT2D eigenvalue weighted by Crippen LogP contribution is -2.27. The van der Waals surface area contributed by atoms with Crippen LogP contribution in [0.15, 0.2) is 59.5 Å². The molecule has 1 amide bonds. The van der Waals surface area contributed by atoms with E-state index in [1.807, 2.05) is 24.5 Å².